The van der Waals surface area contributed by atoms with E-state index < -0.39 is 0 Å². The monoisotopic (exact) mass is 406 g/mol. The molecule has 2 aromatic heterocycles. The van der Waals surface area contributed by atoms with Gasteiger partial charge in [-0.2, -0.15) is 0 Å². The number of quaternary nitrogens is 2. The zero-order chi connectivity index (χ0) is 18.6. The SMILES string of the molecule is O=c1cc(C[NH+]2CC[NH+](CCOc3ccc(Cl)cc3)CC2)nc2sccn12. The van der Waals surface area contributed by atoms with Crippen LogP contribution in [-0.4, -0.2) is 48.7 Å². The highest BCUT2D eigenvalue weighted by atomic mass is 35.5. The largest absolute Gasteiger partial charge is 0.488 e. The second-order valence-corrected chi connectivity index (χ2v) is 8.18. The van der Waals surface area contributed by atoms with Gasteiger partial charge in [-0.05, 0) is 24.3 Å². The van der Waals surface area contributed by atoms with Crippen LogP contribution in [0.5, 0.6) is 5.75 Å². The van der Waals surface area contributed by atoms with E-state index in [1.165, 1.54) is 16.2 Å². The third-order valence-corrected chi connectivity index (χ3v) is 6.00. The molecule has 1 aliphatic heterocycles. The fourth-order valence-corrected chi connectivity index (χ4v) is 4.33. The first-order valence-corrected chi connectivity index (χ1v) is 10.4. The molecule has 0 spiro atoms. The summed E-state index contributed by atoms with van der Waals surface area (Å²) in [5, 5.41) is 2.62. The van der Waals surface area contributed by atoms with Crippen molar-refractivity contribution in [1.82, 2.24) is 9.38 Å². The van der Waals surface area contributed by atoms with Crippen molar-refractivity contribution in [2.24, 2.45) is 0 Å². The van der Waals surface area contributed by atoms with Crippen LogP contribution in [0, 0.1) is 0 Å². The highest BCUT2D eigenvalue weighted by Crippen LogP contribution is 2.15. The second-order valence-electron chi connectivity index (χ2n) is 6.87. The number of benzene rings is 1. The third-order valence-electron chi connectivity index (χ3n) is 4.99. The molecule has 1 saturated heterocycles. The minimum Gasteiger partial charge on any atom is -0.488 e. The molecule has 0 radical (unpaired) electrons. The van der Waals surface area contributed by atoms with Crippen LogP contribution in [0.25, 0.3) is 4.96 Å². The van der Waals surface area contributed by atoms with Gasteiger partial charge in [-0.1, -0.05) is 11.6 Å². The Morgan fingerprint density at radius 1 is 1.15 bits per heavy atom. The molecule has 1 fully saturated rings. The molecular weight excluding hydrogens is 384 g/mol. The predicted octanol–water partition coefficient (Wildman–Crippen LogP) is -0.228. The lowest BCUT2D eigenvalue weighted by atomic mass is 10.3. The fourth-order valence-electron chi connectivity index (χ4n) is 3.46. The summed E-state index contributed by atoms with van der Waals surface area (Å²) in [6.45, 7) is 6.91. The number of aromatic nitrogens is 2. The number of halogens is 1. The molecule has 6 nitrogen and oxygen atoms in total. The molecule has 0 saturated carbocycles. The average molecular weight is 407 g/mol. The maximum Gasteiger partial charge on any atom is 0.258 e. The summed E-state index contributed by atoms with van der Waals surface area (Å²) in [4.78, 5) is 20.6. The summed E-state index contributed by atoms with van der Waals surface area (Å²) in [7, 11) is 0. The second kappa shape index (κ2) is 8.39. The number of ether oxygens (including phenoxy) is 1. The summed E-state index contributed by atoms with van der Waals surface area (Å²) in [6, 6.07) is 9.17. The summed E-state index contributed by atoms with van der Waals surface area (Å²) in [5.74, 6) is 0.865. The van der Waals surface area contributed by atoms with E-state index in [4.69, 9.17) is 16.3 Å². The van der Waals surface area contributed by atoms with Gasteiger partial charge in [-0.25, -0.2) is 4.98 Å². The molecule has 0 bridgehead atoms. The topological polar surface area (TPSA) is 52.5 Å². The van der Waals surface area contributed by atoms with E-state index in [0.717, 1.165) is 60.7 Å². The lowest BCUT2D eigenvalue weighted by Gasteiger charge is -2.29. The Kier molecular flexibility index (Phi) is 5.73. The van der Waals surface area contributed by atoms with Gasteiger partial charge in [0.25, 0.3) is 5.56 Å². The van der Waals surface area contributed by atoms with Crippen LogP contribution in [0.3, 0.4) is 0 Å². The zero-order valence-corrected chi connectivity index (χ0v) is 16.6. The Balaban J connectivity index is 1.23. The first-order valence-electron chi connectivity index (χ1n) is 9.19. The van der Waals surface area contributed by atoms with Crippen molar-refractivity contribution in [3.8, 4) is 5.75 Å². The number of nitrogens with one attached hydrogen (secondary N) is 2. The summed E-state index contributed by atoms with van der Waals surface area (Å²) in [5.41, 5.74) is 0.909. The van der Waals surface area contributed by atoms with E-state index in [2.05, 4.69) is 4.98 Å². The highest BCUT2D eigenvalue weighted by Gasteiger charge is 2.23. The van der Waals surface area contributed by atoms with E-state index in [0.29, 0.717) is 6.61 Å². The van der Waals surface area contributed by atoms with Crippen molar-refractivity contribution in [2.45, 2.75) is 6.54 Å². The Morgan fingerprint density at radius 3 is 2.67 bits per heavy atom. The molecule has 3 aromatic rings. The number of rotatable bonds is 6. The normalized spacial score (nSPS) is 20.0. The highest BCUT2D eigenvalue weighted by molar-refractivity contribution is 7.15. The summed E-state index contributed by atoms with van der Waals surface area (Å²) >= 11 is 7.39. The molecule has 0 aliphatic carbocycles. The van der Waals surface area contributed by atoms with Crippen molar-refractivity contribution in [3.63, 3.8) is 0 Å². The quantitative estimate of drug-likeness (QED) is 0.594. The van der Waals surface area contributed by atoms with Crippen LogP contribution in [0.2, 0.25) is 5.02 Å². The van der Waals surface area contributed by atoms with Crippen LogP contribution < -0.4 is 20.1 Å². The Labute approximate surface area is 166 Å². The van der Waals surface area contributed by atoms with E-state index in [9.17, 15) is 4.79 Å². The average Bonchev–Trinajstić information content (AvgIpc) is 3.14. The maximum absolute atomic E-state index is 12.1. The Morgan fingerprint density at radius 2 is 1.89 bits per heavy atom. The Hall–Kier alpha value is -1.93. The number of nitrogens with zero attached hydrogens (tertiary/aromatic N) is 2. The molecule has 4 rings (SSSR count). The molecule has 3 heterocycles. The van der Waals surface area contributed by atoms with Crippen molar-refractivity contribution >= 4 is 27.9 Å². The molecule has 0 unspecified atom stereocenters. The number of piperazine rings is 1. The van der Waals surface area contributed by atoms with E-state index in [1.54, 1.807) is 21.6 Å². The lowest BCUT2D eigenvalue weighted by molar-refractivity contribution is -1.02. The van der Waals surface area contributed by atoms with Crippen molar-refractivity contribution in [2.75, 3.05) is 39.3 Å². The van der Waals surface area contributed by atoms with Crippen molar-refractivity contribution in [1.29, 1.82) is 0 Å². The summed E-state index contributed by atoms with van der Waals surface area (Å²) < 4.78 is 7.40. The van der Waals surface area contributed by atoms with Crippen LogP contribution in [0.15, 0.2) is 46.7 Å². The zero-order valence-electron chi connectivity index (χ0n) is 15.0. The first kappa shape index (κ1) is 18.4. The number of hydrogen-bond donors (Lipinski definition) is 2. The van der Waals surface area contributed by atoms with Crippen molar-refractivity contribution < 1.29 is 14.5 Å². The molecule has 27 heavy (non-hydrogen) atoms. The van der Waals surface area contributed by atoms with Gasteiger partial charge in [-0.15, -0.1) is 11.3 Å². The molecule has 142 valence electrons. The molecule has 1 aliphatic rings. The minimum atomic E-state index is 0.0132. The van der Waals surface area contributed by atoms with Crippen LogP contribution in [0.1, 0.15) is 5.69 Å². The van der Waals surface area contributed by atoms with Gasteiger partial charge in [0.2, 0.25) is 0 Å². The first-order chi connectivity index (χ1) is 13.2. The van der Waals surface area contributed by atoms with E-state index in [-0.39, 0.29) is 5.56 Å². The summed E-state index contributed by atoms with van der Waals surface area (Å²) in [6.07, 6.45) is 1.78. The van der Waals surface area contributed by atoms with Gasteiger partial charge in [0.15, 0.2) is 4.96 Å². The standard InChI is InChI=1S/C19H21ClN4O2S/c20-15-1-3-17(4-2-15)26-11-9-22-5-7-23(8-6-22)14-16-13-18(25)24-10-12-27-19(24)21-16/h1-4,10,12-13H,5-9,11,14H2/p+2. The number of fused-ring (bicyclic) bond motifs is 1. The van der Waals surface area contributed by atoms with Crippen LogP contribution in [0.4, 0.5) is 0 Å². The van der Waals surface area contributed by atoms with Gasteiger partial charge < -0.3 is 14.5 Å². The molecular formula is C19H23ClN4O2S+2. The van der Waals surface area contributed by atoms with E-state index in [1.807, 2.05) is 29.6 Å². The lowest BCUT2D eigenvalue weighted by Crippen LogP contribution is -3.27. The predicted molar refractivity (Wildman–Crippen MR) is 106 cm³/mol. The van der Waals surface area contributed by atoms with Crippen molar-refractivity contribution in [3.05, 3.63) is 63.0 Å². The maximum atomic E-state index is 12.1. The molecule has 8 heteroatoms. The van der Waals surface area contributed by atoms with Gasteiger partial charge in [0, 0.05) is 22.7 Å². The molecule has 0 atom stereocenters. The van der Waals surface area contributed by atoms with Crippen LogP contribution in [-0.2, 0) is 6.54 Å². The fraction of sp³-hybridized carbons (Fsp3) is 0.368. The molecule has 2 N–H and O–H groups in total. The molecule has 0 amide bonds. The number of hydrogen-bond acceptors (Lipinski definition) is 4. The molecule has 1 aromatic carbocycles. The van der Waals surface area contributed by atoms with E-state index >= 15 is 0 Å². The van der Waals surface area contributed by atoms with Gasteiger partial charge in [0.1, 0.15) is 57.3 Å². The number of thiazole rings is 1. The minimum absolute atomic E-state index is 0.0132. The van der Waals surface area contributed by atoms with Crippen LogP contribution >= 0.6 is 22.9 Å². The van der Waals surface area contributed by atoms with Gasteiger partial charge in [0.05, 0.1) is 0 Å². The Bertz CT molecular complexity index is 948. The third kappa shape index (κ3) is 4.68. The van der Waals surface area contributed by atoms with Gasteiger partial charge >= 0.3 is 0 Å². The smallest absolute Gasteiger partial charge is 0.258 e. The van der Waals surface area contributed by atoms with Gasteiger partial charge in [-0.3, -0.25) is 9.20 Å².